The SMILES string of the molecule is CCC(C)C(C)NC(=O)c1ccc(Br)c(F)c1. The number of amides is 1. The molecule has 0 aromatic heterocycles. The van der Waals surface area contributed by atoms with Gasteiger partial charge in [0.1, 0.15) is 5.82 Å². The summed E-state index contributed by atoms with van der Waals surface area (Å²) in [6, 6.07) is 4.46. The molecule has 0 saturated heterocycles. The fourth-order valence-electron chi connectivity index (χ4n) is 1.42. The maximum Gasteiger partial charge on any atom is 0.251 e. The van der Waals surface area contributed by atoms with Crippen LogP contribution >= 0.6 is 15.9 Å². The molecular formula is C13H17BrFNO. The molecule has 0 aliphatic heterocycles. The zero-order valence-corrected chi connectivity index (χ0v) is 11.8. The van der Waals surface area contributed by atoms with Crippen LogP contribution in [0, 0.1) is 11.7 Å². The Kier molecular flexibility index (Phi) is 5.12. The van der Waals surface area contributed by atoms with E-state index in [4.69, 9.17) is 0 Å². The van der Waals surface area contributed by atoms with Gasteiger partial charge in [0.25, 0.3) is 5.91 Å². The number of benzene rings is 1. The highest BCUT2D eigenvalue weighted by Gasteiger charge is 2.15. The third kappa shape index (κ3) is 3.80. The fraction of sp³-hybridized carbons (Fsp3) is 0.462. The van der Waals surface area contributed by atoms with Gasteiger partial charge in [-0.3, -0.25) is 4.79 Å². The molecule has 1 aromatic carbocycles. The van der Waals surface area contributed by atoms with Crippen molar-refractivity contribution in [3.63, 3.8) is 0 Å². The summed E-state index contributed by atoms with van der Waals surface area (Å²) >= 11 is 3.06. The summed E-state index contributed by atoms with van der Waals surface area (Å²) in [7, 11) is 0. The number of nitrogens with one attached hydrogen (secondary N) is 1. The van der Waals surface area contributed by atoms with Crippen LogP contribution in [-0.4, -0.2) is 11.9 Å². The van der Waals surface area contributed by atoms with Crippen molar-refractivity contribution >= 4 is 21.8 Å². The van der Waals surface area contributed by atoms with E-state index in [1.807, 2.05) is 6.92 Å². The molecule has 0 aliphatic rings. The van der Waals surface area contributed by atoms with Crippen molar-refractivity contribution in [2.75, 3.05) is 0 Å². The molecule has 2 atom stereocenters. The van der Waals surface area contributed by atoms with Crippen LogP contribution in [0.1, 0.15) is 37.6 Å². The molecule has 1 N–H and O–H groups in total. The molecule has 0 aliphatic carbocycles. The first-order chi connectivity index (χ1) is 7.95. The average Bonchev–Trinajstić information content (AvgIpc) is 2.31. The summed E-state index contributed by atoms with van der Waals surface area (Å²) in [5.41, 5.74) is 0.348. The zero-order valence-electron chi connectivity index (χ0n) is 10.3. The average molecular weight is 302 g/mol. The van der Waals surface area contributed by atoms with Gasteiger partial charge >= 0.3 is 0 Å². The van der Waals surface area contributed by atoms with Gasteiger partial charge in [0, 0.05) is 11.6 Å². The lowest BCUT2D eigenvalue weighted by Crippen LogP contribution is -2.36. The van der Waals surface area contributed by atoms with Gasteiger partial charge < -0.3 is 5.32 Å². The summed E-state index contributed by atoms with van der Waals surface area (Å²) < 4.78 is 13.6. The van der Waals surface area contributed by atoms with E-state index in [9.17, 15) is 9.18 Å². The molecule has 0 spiro atoms. The Hall–Kier alpha value is -0.900. The molecule has 1 rings (SSSR count). The highest BCUT2D eigenvalue weighted by molar-refractivity contribution is 9.10. The molecule has 2 unspecified atom stereocenters. The predicted molar refractivity (Wildman–Crippen MR) is 70.5 cm³/mol. The van der Waals surface area contributed by atoms with E-state index in [-0.39, 0.29) is 11.9 Å². The van der Waals surface area contributed by atoms with Crippen LogP contribution in [0.2, 0.25) is 0 Å². The smallest absolute Gasteiger partial charge is 0.251 e. The largest absolute Gasteiger partial charge is 0.349 e. The molecule has 0 radical (unpaired) electrons. The Balaban J connectivity index is 2.73. The second-order valence-corrected chi connectivity index (χ2v) is 5.13. The van der Waals surface area contributed by atoms with Gasteiger partial charge in [0.15, 0.2) is 0 Å². The summed E-state index contributed by atoms with van der Waals surface area (Å²) in [5.74, 6) is -0.253. The van der Waals surface area contributed by atoms with Gasteiger partial charge in [-0.2, -0.15) is 0 Å². The van der Waals surface area contributed by atoms with Gasteiger partial charge in [-0.25, -0.2) is 4.39 Å². The molecule has 0 saturated carbocycles. The minimum Gasteiger partial charge on any atom is -0.349 e. The molecule has 0 bridgehead atoms. The van der Waals surface area contributed by atoms with Crippen molar-refractivity contribution in [2.24, 2.45) is 5.92 Å². The molecule has 0 heterocycles. The zero-order chi connectivity index (χ0) is 13.0. The Morgan fingerprint density at radius 3 is 2.65 bits per heavy atom. The molecule has 2 nitrogen and oxygen atoms in total. The van der Waals surface area contributed by atoms with Gasteiger partial charge in [0.05, 0.1) is 4.47 Å². The van der Waals surface area contributed by atoms with E-state index in [0.29, 0.717) is 16.0 Å². The predicted octanol–water partition coefficient (Wildman–Crippen LogP) is 3.75. The monoisotopic (exact) mass is 301 g/mol. The molecule has 4 heteroatoms. The van der Waals surface area contributed by atoms with E-state index >= 15 is 0 Å². The fourth-order valence-corrected chi connectivity index (χ4v) is 1.67. The van der Waals surface area contributed by atoms with Crippen LogP contribution in [0.5, 0.6) is 0 Å². The highest BCUT2D eigenvalue weighted by Crippen LogP contribution is 2.16. The highest BCUT2D eigenvalue weighted by atomic mass is 79.9. The van der Waals surface area contributed by atoms with Gasteiger partial charge in [-0.05, 0) is 47.0 Å². The van der Waals surface area contributed by atoms with E-state index in [0.717, 1.165) is 6.42 Å². The lowest BCUT2D eigenvalue weighted by Gasteiger charge is -2.19. The summed E-state index contributed by atoms with van der Waals surface area (Å²) in [5, 5.41) is 2.87. The first-order valence-electron chi connectivity index (χ1n) is 5.71. The second kappa shape index (κ2) is 6.15. The summed E-state index contributed by atoms with van der Waals surface area (Å²) in [6.45, 7) is 6.11. The molecule has 0 fully saturated rings. The van der Waals surface area contributed by atoms with Crippen LogP contribution in [0.15, 0.2) is 22.7 Å². The lowest BCUT2D eigenvalue weighted by atomic mass is 10.0. The van der Waals surface area contributed by atoms with E-state index in [1.54, 1.807) is 6.07 Å². The standard InChI is InChI=1S/C13H17BrFNO/c1-4-8(2)9(3)16-13(17)10-5-6-11(14)12(15)7-10/h5-9H,4H2,1-3H3,(H,16,17). The first kappa shape index (κ1) is 14.2. The molecule has 1 amide bonds. The Bertz CT molecular complexity index is 408. The van der Waals surface area contributed by atoms with Crippen LogP contribution < -0.4 is 5.32 Å². The summed E-state index contributed by atoms with van der Waals surface area (Å²) in [4.78, 5) is 11.8. The lowest BCUT2D eigenvalue weighted by molar-refractivity contribution is 0.0927. The van der Waals surface area contributed by atoms with Crippen molar-refractivity contribution in [3.05, 3.63) is 34.1 Å². The van der Waals surface area contributed by atoms with Crippen molar-refractivity contribution in [2.45, 2.75) is 33.2 Å². The maximum absolute atomic E-state index is 13.3. The third-order valence-electron chi connectivity index (χ3n) is 3.04. The second-order valence-electron chi connectivity index (χ2n) is 4.28. The van der Waals surface area contributed by atoms with E-state index in [2.05, 4.69) is 35.1 Å². The van der Waals surface area contributed by atoms with E-state index in [1.165, 1.54) is 12.1 Å². The first-order valence-corrected chi connectivity index (χ1v) is 6.51. The normalized spacial score (nSPS) is 14.2. The quantitative estimate of drug-likeness (QED) is 0.901. The maximum atomic E-state index is 13.3. The Labute approximate surface area is 110 Å². The number of carbonyl (C=O) groups excluding carboxylic acids is 1. The van der Waals surface area contributed by atoms with Crippen molar-refractivity contribution < 1.29 is 9.18 Å². The van der Waals surface area contributed by atoms with E-state index < -0.39 is 5.82 Å². The number of halogens is 2. The number of carbonyl (C=O) groups is 1. The molecule has 94 valence electrons. The van der Waals surface area contributed by atoms with Crippen LogP contribution in [-0.2, 0) is 0 Å². The van der Waals surface area contributed by atoms with Gasteiger partial charge in [-0.1, -0.05) is 20.3 Å². The topological polar surface area (TPSA) is 29.1 Å². The number of hydrogen-bond donors (Lipinski definition) is 1. The summed E-state index contributed by atoms with van der Waals surface area (Å²) in [6.07, 6.45) is 0.996. The van der Waals surface area contributed by atoms with Crippen LogP contribution in [0.25, 0.3) is 0 Å². The van der Waals surface area contributed by atoms with Crippen molar-refractivity contribution in [1.82, 2.24) is 5.32 Å². The Morgan fingerprint density at radius 2 is 2.12 bits per heavy atom. The molecule has 1 aromatic rings. The molecular weight excluding hydrogens is 285 g/mol. The van der Waals surface area contributed by atoms with Crippen LogP contribution in [0.4, 0.5) is 4.39 Å². The third-order valence-corrected chi connectivity index (χ3v) is 3.68. The minimum absolute atomic E-state index is 0.0826. The minimum atomic E-state index is -0.422. The van der Waals surface area contributed by atoms with Gasteiger partial charge in [0.2, 0.25) is 0 Å². The van der Waals surface area contributed by atoms with Crippen molar-refractivity contribution in [1.29, 1.82) is 0 Å². The number of hydrogen-bond acceptors (Lipinski definition) is 1. The van der Waals surface area contributed by atoms with Gasteiger partial charge in [-0.15, -0.1) is 0 Å². The Morgan fingerprint density at radius 1 is 1.47 bits per heavy atom. The molecule has 17 heavy (non-hydrogen) atoms. The van der Waals surface area contributed by atoms with Crippen molar-refractivity contribution in [3.8, 4) is 0 Å². The van der Waals surface area contributed by atoms with Crippen LogP contribution in [0.3, 0.4) is 0 Å². The number of rotatable bonds is 4.